The van der Waals surface area contributed by atoms with E-state index in [0.717, 1.165) is 16.3 Å². The van der Waals surface area contributed by atoms with Crippen LogP contribution < -0.4 is 15.8 Å². The summed E-state index contributed by atoms with van der Waals surface area (Å²) in [5.41, 5.74) is 9.39. The Morgan fingerprint density at radius 3 is 2.18 bits per heavy atom. The van der Waals surface area contributed by atoms with Crippen molar-refractivity contribution >= 4 is 52.5 Å². The Hall–Kier alpha value is -4.87. The van der Waals surface area contributed by atoms with E-state index in [4.69, 9.17) is 37.0 Å². The zero-order chi connectivity index (χ0) is 37.0. The minimum atomic E-state index is -5.08. The first-order valence-corrected chi connectivity index (χ1v) is 16.8. The average Bonchev–Trinajstić information content (AvgIpc) is 3.54. The number of carboxylic acids is 2. The van der Waals surface area contributed by atoms with Crippen molar-refractivity contribution in [2.45, 2.75) is 43.3 Å². The normalized spacial score (nSPS) is 11.5. The Labute approximate surface area is 298 Å². The van der Waals surface area contributed by atoms with Crippen LogP contribution in [0.25, 0.3) is 21.7 Å². The maximum absolute atomic E-state index is 11.4. The molecule has 0 fully saturated rings. The van der Waals surface area contributed by atoms with Crippen molar-refractivity contribution in [2.75, 3.05) is 18.9 Å². The highest BCUT2D eigenvalue weighted by atomic mass is 35.5. The Kier molecular flexibility index (Phi) is 14.4. The number of rotatable bonds is 13. The van der Waals surface area contributed by atoms with Crippen LogP contribution in [0.5, 0.6) is 5.75 Å². The van der Waals surface area contributed by atoms with E-state index in [1.165, 1.54) is 23.1 Å². The molecule has 0 saturated carbocycles. The van der Waals surface area contributed by atoms with Crippen LogP contribution in [-0.2, 0) is 15.3 Å². The highest BCUT2D eigenvalue weighted by Crippen LogP contribution is 2.37. The van der Waals surface area contributed by atoms with Gasteiger partial charge < -0.3 is 26.0 Å². The second-order valence-corrected chi connectivity index (χ2v) is 13.0. The number of hydrogen-bond donors (Lipinski definition) is 4. The SMILES string of the molecule is CC(C)C[C@H](NCCOc1ccc(-c2c(C#N)c(N)nc(SCc3csc(-c4ccc(Cl)cc4)n3)c2C#N)cc1)C(=O)O.O=C(O)C(F)(F)F. The van der Waals surface area contributed by atoms with Crippen LogP contribution in [0.4, 0.5) is 19.0 Å². The number of nitrogen functional groups attached to an aromatic ring is 1. The minimum Gasteiger partial charge on any atom is -0.492 e. The topological polar surface area (TPSA) is 195 Å². The molecule has 0 aliphatic carbocycles. The van der Waals surface area contributed by atoms with E-state index in [9.17, 15) is 33.6 Å². The van der Waals surface area contributed by atoms with Crippen LogP contribution >= 0.6 is 34.7 Å². The molecule has 2 aromatic heterocycles. The van der Waals surface area contributed by atoms with Gasteiger partial charge in [-0.2, -0.15) is 23.7 Å². The van der Waals surface area contributed by atoms with Crippen LogP contribution in [-0.4, -0.2) is 57.5 Å². The number of benzene rings is 2. The van der Waals surface area contributed by atoms with Crippen LogP contribution in [0, 0.1) is 28.6 Å². The molecule has 0 bridgehead atoms. The minimum absolute atomic E-state index is 0.0416. The number of halogens is 4. The standard InChI is InChI=1S/C31H29ClN6O3S2.C2HF3O2/c1-18(2)13-26(31(39)40)36-11-12-41-23-9-5-19(6-10-23)27-24(14-33)28(35)38-30(25(27)15-34)43-17-22-16-42-29(37-22)20-3-7-21(32)8-4-20;3-2(4,5)1(6)7/h3-10,16,18,26,36H,11-13,17H2,1-2H3,(H2,35,38)(H,39,40);(H,6,7)/t26-;/m0./s1. The predicted octanol–water partition coefficient (Wildman–Crippen LogP) is 7.24. The number of carbonyl (C=O) groups is 2. The van der Waals surface area contributed by atoms with Gasteiger partial charge in [0.1, 0.15) is 52.0 Å². The molecule has 0 aliphatic rings. The molecule has 0 unspecified atom stereocenters. The van der Waals surface area contributed by atoms with Gasteiger partial charge in [-0.25, -0.2) is 14.8 Å². The van der Waals surface area contributed by atoms with Crippen molar-refractivity contribution in [2.24, 2.45) is 5.92 Å². The van der Waals surface area contributed by atoms with Gasteiger partial charge in [0.05, 0.1) is 11.3 Å². The van der Waals surface area contributed by atoms with E-state index in [-0.39, 0.29) is 29.5 Å². The Morgan fingerprint density at radius 2 is 1.64 bits per heavy atom. The number of nitrogens with zero attached hydrogens (tertiary/aromatic N) is 4. The number of anilines is 1. The highest BCUT2D eigenvalue weighted by molar-refractivity contribution is 7.98. The smallest absolute Gasteiger partial charge is 0.490 e. The van der Waals surface area contributed by atoms with Gasteiger partial charge in [-0.05, 0) is 42.2 Å². The fraction of sp³-hybridized carbons (Fsp3) is 0.273. The molecule has 50 heavy (non-hydrogen) atoms. The molecule has 262 valence electrons. The lowest BCUT2D eigenvalue weighted by Gasteiger charge is -2.17. The van der Waals surface area contributed by atoms with E-state index < -0.39 is 24.2 Å². The number of alkyl halides is 3. The molecule has 17 heteroatoms. The first-order valence-electron chi connectivity index (χ1n) is 14.6. The molecule has 0 amide bonds. The zero-order valence-electron chi connectivity index (χ0n) is 26.5. The summed E-state index contributed by atoms with van der Waals surface area (Å²) in [6.45, 7) is 4.59. The summed E-state index contributed by atoms with van der Waals surface area (Å²) in [4.78, 5) is 29.4. The first-order chi connectivity index (χ1) is 23.6. The molecule has 2 heterocycles. The number of ether oxygens (including phenoxy) is 1. The molecule has 11 nitrogen and oxygen atoms in total. The van der Waals surface area contributed by atoms with E-state index in [1.807, 2.05) is 43.5 Å². The monoisotopic (exact) mass is 746 g/mol. The average molecular weight is 747 g/mol. The third-order valence-electron chi connectivity index (χ3n) is 6.57. The predicted molar refractivity (Wildman–Crippen MR) is 184 cm³/mol. The van der Waals surface area contributed by atoms with Crippen LogP contribution in [0.1, 0.15) is 37.1 Å². The second kappa shape index (κ2) is 18.2. The summed E-state index contributed by atoms with van der Waals surface area (Å²) in [7, 11) is 0. The highest BCUT2D eigenvalue weighted by Gasteiger charge is 2.38. The summed E-state index contributed by atoms with van der Waals surface area (Å²) in [5.74, 6) is -2.33. The fourth-order valence-corrected chi connectivity index (χ4v) is 6.24. The number of nitrogens with two attached hydrogens (primary N) is 1. The molecular formula is C33H30ClF3N6O5S2. The first kappa shape index (κ1) is 39.6. The van der Waals surface area contributed by atoms with Gasteiger partial charge in [-0.3, -0.25) is 4.79 Å². The summed E-state index contributed by atoms with van der Waals surface area (Å²) in [5, 5.41) is 43.4. The van der Waals surface area contributed by atoms with Gasteiger partial charge >= 0.3 is 18.1 Å². The Morgan fingerprint density at radius 1 is 1.04 bits per heavy atom. The van der Waals surface area contributed by atoms with Gasteiger partial charge in [0.15, 0.2) is 0 Å². The molecule has 0 spiro atoms. The van der Waals surface area contributed by atoms with Crippen molar-refractivity contribution in [3.63, 3.8) is 0 Å². The molecule has 4 aromatic rings. The molecule has 5 N–H and O–H groups in total. The number of hydrogen-bond acceptors (Lipinski definition) is 11. The second-order valence-electron chi connectivity index (χ2n) is 10.7. The van der Waals surface area contributed by atoms with Crippen molar-refractivity contribution < 1.29 is 37.7 Å². The zero-order valence-corrected chi connectivity index (χ0v) is 28.9. The fourth-order valence-electron chi connectivity index (χ4n) is 4.29. The molecule has 0 saturated heterocycles. The Bertz CT molecular complexity index is 1880. The summed E-state index contributed by atoms with van der Waals surface area (Å²) in [6, 6.07) is 18.1. The van der Waals surface area contributed by atoms with E-state index in [1.54, 1.807) is 24.3 Å². The third kappa shape index (κ3) is 11.3. The van der Waals surface area contributed by atoms with Gasteiger partial charge in [0, 0.05) is 33.8 Å². The molecule has 0 radical (unpaired) electrons. The van der Waals surface area contributed by atoms with Crippen LogP contribution in [0.2, 0.25) is 5.02 Å². The summed E-state index contributed by atoms with van der Waals surface area (Å²) in [6.07, 6.45) is -4.56. The van der Waals surface area contributed by atoms with Gasteiger partial charge in [0.25, 0.3) is 0 Å². The maximum atomic E-state index is 11.4. The number of thiazole rings is 1. The number of nitriles is 2. The number of nitrogens with one attached hydrogen (secondary N) is 1. The van der Waals surface area contributed by atoms with Crippen LogP contribution in [0.3, 0.4) is 0 Å². The Balaban J connectivity index is 0.000000872. The lowest BCUT2D eigenvalue weighted by atomic mass is 9.97. The number of aromatic nitrogens is 2. The lowest BCUT2D eigenvalue weighted by Crippen LogP contribution is -2.39. The number of aliphatic carboxylic acids is 2. The van der Waals surface area contributed by atoms with Crippen molar-refractivity contribution in [3.05, 3.63) is 75.8 Å². The molecular weight excluding hydrogens is 717 g/mol. The van der Waals surface area contributed by atoms with E-state index >= 15 is 0 Å². The quantitative estimate of drug-likeness (QED) is 0.0792. The third-order valence-corrected chi connectivity index (χ3v) is 8.77. The number of carboxylic acid groups (broad SMARTS) is 2. The van der Waals surface area contributed by atoms with E-state index in [2.05, 4.69) is 22.4 Å². The largest absolute Gasteiger partial charge is 0.492 e. The molecule has 0 aliphatic heterocycles. The lowest BCUT2D eigenvalue weighted by molar-refractivity contribution is -0.192. The maximum Gasteiger partial charge on any atom is 0.490 e. The molecule has 2 aromatic carbocycles. The van der Waals surface area contributed by atoms with Gasteiger partial charge in [0.2, 0.25) is 0 Å². The van der Waals surface area contributed by atoms with Crippen molar-refractivity contribution in [3.8, 4) is 39.6 Å². The van der Waals surface area contributed by atoms with Gasteiger partial charge in [-0.1, -0.05) is 61.5 Å². The molecule has 4 rings (SSSR count). The van der Waals surface area contributed by atoms with Crippen molar-refractivity contribution in [1.29, 1.82) is 10.5 Å². The summed E-state index contributed by atoms with van der Waals surface area (Å²) < 4.78 is 37.5. The van der Waals surface area contributed by atoms with Crippen LogP contribution in [0.15, 0.2) is 58.9 Å². The number of thioether (sulfide) groups is 1. The number of pyridine rings is 1. The van der Waals surface area contributed by atoms with Gasteiger partial charge in [-0.15, -0.1) is 11.3 Å². The van der Waals surface area contributed by atoms with E-state index in [0.29, 0.717) is 45.6 Å². The van der Waals surface area contributed by atoms with Crippen molar-refractivity contribution in [1.82, 2.24) is 15.3 Å². The molecule has 1 atom stereocenters. The summed E-state index contributed by atoms with van der Waals surface area (Å²) >= 11 is 8.84.